The van der Waals surface area contributed by atoms with Gasteiger partial charge in [0.1, 0.15) is 0 Å². The lowest BCUT2D eigenvalue weighted by molar-refractivity contribution is 0.660. The van der Waals surface area contributed by atoms with Crippen molar-refractivity contribution in [1.82, 2.24) is 19.5 Å². The van der Waals surface area contributed by atoms with Gasteiger partial charge in [-0.2, -0.15) is 12.6 Å². The second-order valence-corrected chi connectivity index (χ2v) is 17.0. The summed E-state index contributed by atoms with van der Waals surface area (Å²) in [6.07, 6.45) is 12.7. The van der Waals surface area contributed by atoms with E-state index in [-0.39, 0.29) is 5.41 Å². The minimum atomic E-state index is -0.0821. The summed E-state index contributed by atoms with van der Waals surface area (Å²) < 4.78 is 2.40. The van der Waals surface area contributed by atoms with E-state index in [4.69, 9.17) is 15.0 Å². The van der Waals surface area contributed by atoms with Crippen LogP contribution in [-0.2, 0) is 5.41 Å². The molecule has 300 valence electrons. The average molecular weight is 819 g/mol. The van der Waals surface area contributed by atoms with Gasteiger partial charge in [0.2, 0.25) is 0 Å². The van der Waals surface area contributed by atoms with Crippen LogP contribution in [-0.4, -0.2) is 25.8 Å². The van der Waals surface area contributed by atoms with Crippen molar-refractivity contribution in [3.8, 4) is 50.7 Å². The lowest BCUT2D eigenvalue weighted by Gasteiger charge is -2.21. The van der Waals surface area contributed by atoms with Gasteiger partial charge >= 0.3 is 0 Å². The standard InChI is InChI=1S/C56H42N4.CH4S/c1-56(2)47-23-11-10-20-44(47)51-43(21-12-24-48(51)56)39-30-31-49-46(34-39)52-45(22-13-25-50(52)60(49)42-18-4-3-5-19-42)55-58-53(40-28-26-35-14-6-8-16-37(35)32-40)57-54(59-55)41-29-27-36-15-7-9-17-38(36)33-41;1-2/h3-8,10-16,18-26,28,30-34H,9,17,27,29H2,1-2H3;2H,1H3. The van der Waals surface area contributed by atoms with E-state index in [0.29, 0.717) is 11.6 Å². The second-order valence-electron chi connectivity index (χ2n) is 17.0. The smallest absolute Gasteiger partial charge is 0.164 e. The lowest BCUT2D eigenvalue weighted by Crippen LogP contribution is -2.14. The van der Waals surface area contributed by atoms with Crippen LogP contribution >= 0.6 is 12.6 Å². The summed E-state index contributed by atoms with van der Waals surface area (Å²) in [5.41, 5.74) is 17.2. The molecule has 0 bridgehead atoms. The van der Waals surface area contributed by atoms with Gasteiger partial charge in [-0.15, -0.1) is 0 Å². The molecule has 7 aromatic carbocycles. The molecular weight excluding hydrogens is 773 g/mol. The van der Waals surface area contributed by atoms with Gasteiger partial charge in [0.25, 0.3) is 0 Å². The highest BCUT2D eigenvalue weighted by molar-refractivity contribution is 7.79. The largest absolute Gasteiger partial charge is 0.309 e. The van der Waals surface area contributed by atoms with Crippen LogP contribution in [0.2, 0.25) is 0 Å². The molecule has 0 N–H and O–H groups in total. The van der Waals surface area contributed by atoms with E-state index in [1.54, 1.807) is 6.26 Å². The van der Waals surface area contributed by atoms with Gasteiger partial charge in [0, 0.05) is 33.0 Å². The second kappa shape index (κ2) is 15.3. The molecule has 0 saturated carbocycles. The highest BCUT2D eigenvalue weighted by Crippen LogP contribution is 2.52. The molecule has 3 aliphatic carbocycles. The van der Waals surface area contributed by atoms with Crippen molar-refractivity contribution in [2.24, 2.45) is 0 Å². The molecule has 12 rings (SSSR count). The number of hydrogen-bond donors (Lipinski definition) is 1. The van der Waals surface area contributed by atoms with Gasteiger partial charge in [-0.05, 0) is 129 Å². The van der Waals surface area contributed by atoms with Crippen LogP contribution in [0.25, 0.3) is 88.9 Å². The molecule has 0 unspecified atom stereocenters. The maximum absolute atomic E-state index is 5.42. The predicted octanol–water partition coefficient (Wildman–Crippen LogP) is 14.8. The first kappa shape index (κ1) is 38.1. The fourth-order valence-corrected chi connectivity index (χ4v) is 10.2. The highest BCUT2D eigenvalue weighted by atomic mass is 32.1. The third kappa shape index (κ3) is 6.17. The zero-order valence-corrected chi connectivity index (χ0v) is 36.1. The molecule has 0 fully saturated rings. The number of fused-ring (bicyclic) bond motifs is 7. The number of thiol groups is 1. The number of rotatable bonds is 5. The number of allylic oxidation sites excluding steroid dienone is 6. The third-order valence-corrected chi connectivity index (χ3v) is 13.2. The molecule has 0 spiro atoms. The topological polar surface area (TPSA) is 43.6 Å². The molecule has 4 nitrogen and oxygen atoms in total. The van der Waals surface area contributed by atoms with Crippen molar-refractivity contribution in [2.75, 3.05) is 6.26 Å². The summed E-state index contributed by atoms with van der Waals surface area (Å²) in [7, 11) is 0. The Bertz CT molecular complexity index is 3350. The van der Waals surface area contributed by atoms with E-state index in [9.17, 15) is 0 Å². The summed E-state index contributed by atoms with van der Waals surface area (Å²) in [5.74, 6) is 2.14. The van der Waals surface area contributed by atoms with E-state index in [0.717, 1.165) is 70.1 Å². The summed E-state index contributed by atoms with van der Waals surface area (Å²) in [4.78, 5) is 16.1. The average Bonchev–Trinajstić information content (AvgIpc) is 3.80. The zero-order chi connectivity index (χ0) is 42.0. The van der Waals surface area contributed by atoms with Crippen LogP contribution < -0.4 is 0 Å². The summed E-state index contributed by atoms with van der Waals surface area (Å²) in [6.45, 7) is 4.70. The SMILES string of the molecule is CC1(C)c2ccccc2-c2c(-c3ccc4c(c3)c3c(-c5nc(C6=CC7=C(C=CCC7)CC6)nc(-c6ccc7ccccc7c6)n5)cccc3n4-c3ccccc3)cccc21.CS. The van der Waals surface area contributed by atoms with Gasteiger partial charge in [-0.25, -0.2) is 15.0 Å². The van der Waals surface area contributed by atoms with Gasteiger partial charge in [-0.3, -0.25) is 0 Å². The van der Waals surface area contributed by atoms with Crippen molar-refractivity contribution in [1.29, 1.82) is 0 Å². The van der Waals surface area contributed by atoms with Crippen molar-refractivity contribution >= 4 is 50.8 Å². The van der Waals surface area contributed by atoms with Gasteiger partial charge < -0.3 is 4.57 Å². The van der Waals surface area contributed by atoms with Gasteiger partial charge in [0.05, 0.1) is 11.0 Å². The minimum absolute atomic E-state index is 0.0821. The van der Waals surface area contributed by atoms with E-state index in [1.807, 2.05) is 0 Å². The minimum Gasteiger partial charge on any atom is -0.309 e. The number of nitrogens with zero attached hydrogens (tertiary/aromatic N) is 4. The maximum Gasteiger partial charge on any atom is 0.164 e. The molecular formula is C57H46N4S. The first-order chi connectivity index (χ1) is 30.5. The Labute approximate surface area is 368 Å². The number of benzene rings is 7. The van der Waals surface area contributed by atoms with Crippen LogP contribution in [0.1, 0.15) is 56.5 Å². The van der Waals surface area contributed by atoms with Crippen LogP contribution in [0, 0.1) is 0 Å². The number of para-hydroxylation sites is 1. The zero-order valence-electron chi connectivity index (χ0n) is 35.2. The fraction of sp³-hybridized carbons (Fsp3) is 0.140. The monoisotopic (exact) mass is 818 g/mol. The highest BCUT2D eigenvalue weighted by Gasteiger charge is 2.36. The van der Waals surface area contributed by atoms with E-state index in [1.165, 1.54) is 60.9 Å². The molecule has 0 amide bonds. The van der Waals surface area contributed by atoms with Gasteiger partial charge in [-0.1, -0.05) is 147 Å². The quantitative estimate of drug-likeness (QED) is 0.176. The molecule has 2 heterocycles. The van der Waals surface area contributed by atoms with E-state index >= 15 is 0 Å². The molecule has 0 radical (unpaired) electrons. The fourth-order valence-electron chi connectivity index (χ4n) is 10.2. The first-order valence-corrected chi connectivity index (χ1v) is 22.6. The predicted molar refractivity (Wildman–Crippen MR) is 263 cm³/mol. The molecule has 3 aliphatic rings. The normalized spacial score (nSPS) is 14.9. The number of aromatic nitrogens is 4. The Kier molecular flexibility index (Phi) is 9.39. The molecule has 5 heteroatoms. The Morgan fingerprint density at radius 1 is 0.532 bits per heavy atom. The molecule has 0 atom stereocenters. The van der Waals surface area contributed by atoms with Crippen LogP contribution in [0.5, 0.6) is 0 Å². The first-order valence-electron chi connectivity index (χ1n) is 21.7. The number of hydrogen-bond acceptors (Lipinski definition) is 4. The van der Waals surface area contributed by atoms with Crippen molar-refractivity contribution in [2.45, 2.75) is 44.9 Å². The molecule has 0 saturated heterocycles. The molecule has 62 heavy (non-hydrogen) atoms. The summed E-state index contributed by atoms with van der Waals surface area (Å²) in [5, 5.41) is 4.66. The molecule has 2 aromatic heterocycles. The van der Waals surface area contributed by atoms with Crippen LogP contribution in [0.4, 0.5) is 0 Å². The van der Waals surface area contributed by atoms with Crippen molar-refractivity contribution in [3.05, 3.63) is 198 Å². The Balaban J connectivity index is 0.00000213. The van der Waals surface area contributed by atoms with Crippen molar-refractivity contribution < 1.29 is 0 Å². The van der Waals surface area contributed by atoms with Crippen LogP contribution in [0.3, 0.4) is 0 Å². The van der Waals surface area contributed by atoms with E-state index < -0.39 is 0 Å². The molecule has 9 aromatic rings. The van der Waals surface area contributed by atoms with Crippen molar-refractivity contribution in [3.63, 3.8) is 0 Å². The van der Waals surface area contributed by atoms with Gasteiger partial charge in [0.15, 0.2) is 17.5 Å². The summed E-state index contributed by atoms with van der Waals surface area (Å²) in [6, 6.07) is 55.1. The third-order valence-electron chi connectivity index (χ3n) is 13.2. The van der Waals surface area contributed by atoms with E-state index in [2.05, 4.69) is 201 Å². The Morgan fingerprint density at radius 2 is 1.24 bits per heavy atom. The Morgan fingerprint density at radius 3 is 2.13 bits per heavy atom. The molecule has 0 aliphatic heterocycles. The maximum atomic E-state index is 5.42. The lowest BCUT2D eigenvalue weighted by atomic mass is 9.82. The van der Waals surface area contributed by atoms with Crippen LogP contribution in [0.15, 0.2) is 181 Å². The Hall–Kier alpha value is -6.82. The summed E-state index contributed by atoms with van der Waals surface area (Å²) >= 11 is 3.53.